The Labute approximate surface area is 270 Å². The Kier molecular flexibility index (Phi) is 11.1. The first kappa shape index (κ1) is 33.3. The van der Waals surface area contributed by atoms with Crippen LogP contribution in [0.25, 0.3) is 6.08 Å². The van der Waals surface area contributed by atoms with Crippen LogP contribution in [0.5, 0.6) is 11.5 Å². The van der Waals surface area contributed by atoms with Gasteiger partial charge < -0.3 is 25.4 Å². The van der Waals surface area contributed by atoms with Gasteiger partial charge in [-0.15, -0.1) is 11.8 Å². The van der Waals surface area contributed by atoms with Gasteiger partial charge in [0.25, 0.3) is 17.5 Å². The van der Waals surface area contributed by atoms with Crippen LogP contribution in [0.3, 0.4) is 0 Å². The predicted molar refractivity (Wildman–Crippen MR) is 178 cm³/mol. The summed E-state index contributed by atoms with van der Waals surface area (Å²) in [4.78, 5) is 50.7. The van der Waals surface area contributed by atoms with E-state index in [1.165, 1.54) is 44.2 Å². The van der Waals surface area contributed by atoms with Crippen LogP contribution in [0, 0.1) is 17.0 Å². The maximum atomic E-state index is 13.5. The molecule has 4 rings (SSSR count). The maximum Gasteiger partial charge on any atom is 0.272 e. The van der Waals surface area contributed by atoms with Crippen molar-refractivity contribution < 1.29 is 28.8 Å². The summed E-state index contributed by atoms with van der Waals surface area (Å²) in [5, 5.41) is 18.9. The second kappa shape index (κ2) is 15.4. The molecule has 1 unspecified atom stereocenters. The zero-order valence-corrected chi connectivity index (χ0v) is 26.3. The molecule has 0 fully saturated rings. The van der Waals surface area contributed by atoms with Gasteiger partial charge in [-0.3, -0.25) is 24.5 Å². The third-order valence-corrected chi connectivity index (χ3v) is 7.87. The molecule has 0 aliphatic carbocycles. The molecule has 0 saturated heterocycles. The van der Waals surface area contributed by atoms with E-state index in [0.29, 0.717) is 39.6 Å². The third-order valence-electron chi connectivity index (χ3n) is 6.75. The predicted octanol–water partition coefficient (Wildman–Crippen LogP) is 6.45. The van der Waals surface area contributed by atoms with Gasteiger partial charge in [0.1, 0.15) is 17.2 Å². The van der Waals surface area contributed by atoms with Crippen molar-refractivity contribution >= 4 is 52.6 Å². The van der Waals surface area contributed by atoms with Crippen molar-refractivity contribution in [1.29, 1.82) is 0 Å². The van der Waals surface area contributed by atoms with Crippen LogP contribution in [0.4, 0.5) is 17.1 Å². The van der Waals surface area contributed by atoms with Crippen LogP contribution < -0.4 is 25.4 Å². The highest BCUT2D eigenvalue weighted by atomic mass is 32.2. The van der Waals surface area contributed by atoms with E-state index < -0.39 is 22.0 Å². The lowest BCUT2D eigenvalue weighted by Crippen LogP contribution is -2.30. The number of nitro benzene ring substituents is 1. The number of thioether (sulfide) groups is 1. The first-order valence-electron chi connectivity index (χ1n) is 14.0. The maximum absolute atomic E-state index is 13.5. The fourth-order valence-corrected chi connectivity index (χ4v) is 5.07. The van der Waals surface area contributed by atoms with E-state index >= 15 is 0 Å². The molecule has 0 aliphatic rings. The Morgan fingerprint density at radius 2 is 1.61 bits per heavy atom. The van der Waals surface area contributed by atoms with Gasteiger partial charge in [-0.1, -0.05) is 24.3 Å². The van der Waals surface area contributed by atoms with E-state index in [-0.39, 0.29) is 17.3 Å². The Morgan fingerprint density at radius 1 is 0.891 bits per heavy atom. The summed E-state index contributed by atoms with van der Waals surface area (Å²) < 4.78 is 10.7. The number of nitrogens with zero attached hydrogens (tertiary/aromatic N) is 1. The number of carbonyl (C=O) groups is 3. The number of aryl methyl sites for hydroxylation is 1. The molecular weight excluding hydrogens is 608 g/mol. The molecule has 11 nitrogen and oxygen atoms in total. The molecule has 3 N–H and O–H groups in total. The summed E-state index contributed by atoms with van der Waals surface area (Å²) in [6, 6.07) is 24.8. The number of benzene rings is 4. The number of rotatable bonds is 12. The molecule has 0 bridgehead atoms. The summed E-state index contributed by atoms with van der Waals surface area (Å²) >= 11 is 1.28. The summed E-state index contributed by atoms with van der Waals surface area (Å²) in [5.74, 6) is -0.337. The SMILES string of the molecule is COc1ccc(/C=C(\NC(=O)c2ccccc2)C(=O)Nc2ccc(SC(C)C(=O)Nc3cc([N+](=O)[O-])ccc3C)cc2)c(OC)c1. The van der Waals surface area contributed by atoms with Crippen LogP contribution in [0.15, 0.2) is 102 Å². The second-order valence-corrected chi connectivity index (χ2v) is 11.4. The van der Waals surface area contributed by atoms with Gasteiger partial charge in [0.2, 0.25) is 5.91 Å². The third kappa shape index (κ3) is 8.73. The van der Waals surface area contributed by atoms with Gasteiger partial charge in [0.15, 0.2) is 0 Å². The topological polar surface area (TPSA) is 149 Å². The van der Waals surface area contributed by atoms with Crippen molar-refractivity contribution in [3.8, 4) is 11.5 Å². The van der Waals surface area contributed by atoms with Crippen molar-refractivity contribution in [1.82, 2.24) is 5.32 Å². The van der Waals surface area contributed by atoms with Crippen molar-refractivity contribution in [3.63, 3.8) is 0 Å². The number of amides is 3. The van der Waals surface area contributed by atoms with Gasteiger partial charge in [-0.25, -0.2) is 0 Å². The highest BCUT2D eigenvalue weighted by Gasteiger charge is 2.19. The molecule has 4 aromatic carbocycles. The second-order valence-electron chi connectivity index (χ2n) is 9.97. The van der Waals surface area contributed by atoms with Crippen LogP contribution >= 0.6 is 11.8 Å². The Balaban J connectivity index is 1.48. The van der Waals surface area contributed by atoms with Crippen LogP contribution in [0.2, 0.25) is 0 Å². The average Bonchev–Trinajstić information content (AvgIpc) is 3.06. The van der Waals surface area contributed by atoms with Gasteiger partial charge in [0, 0.05) is 39.9 Å². The number of nitro groups is 1. The molecule has 0 saturated carbocycles. The summed E-state index contributed by atoms with van der Waals surface area (Å²) in [5.41, 5.74) is 2.33. The summed E-state index contributed by atoms with van der Waals surface area (Å²) in [6.07, 6.45) is 1.52. The lowest BCUT2D eigenvalue weighted by atomic mass is 10.1. The highest BCUT2D eigenvalue weighted by molar-refractivity contribution is 8.00. The Morgan fingerprint density at radius 3 is 2.26 bits per heavy atom. The largest absolute Gasteiger partial charge is 0.497 e. The average molecular weight is 641 g/mol. The van der Waals surface area contributed by atoms with E-state index in [4.69, 9.17) is 9.47 Å². The number of ether oxygens (including phenoxy) is 2. The number of hydrogen-bond donors (Lipinski definition) is 3. The minimum absolute atomic E-state index is 0.0162. The summed E-state index contributed by atoms with van der Waals surface area (Å²) in [6.45, 7) is 3.48. The molecule has 4 aromatic rings. The fraction of sp³-hybridized carbons (Fsp3) is 0.147. The first-order chi connectivity index (χ1) is 22.1. The van der Waals surface area contributed by atoms with Crippen molar-refractivity contribution in [2.24, 2.45) is 0 Å². The zero-order chi connectivity index (χ0) is 33.2. The van der Waals surface area contributed by atoms with E-state index in [9.17, 15) is 24.5 Å². The van der Waals surface area contributed by atoms with Crippen molar-refractivity contribution in [2.45, 2.75) is 24.0 Å². The molecule has 0 spiro atoms. The Hall–Kier alpha value is -5.62. The van der Waals surface area contributed by atoms with Crippen molar-refractivity contribution in [2.75, 3.05) is 24.9 Å². The molecule has 0 heterocycles. The van der Waals surface area contributed by atoms with Crippen LogP contribution in [-0.2, 0) is 9.59 Å². The summed E-state index contributed by atoms with van der Waals surface area (Å²) in [7, 11) is 3.02. The van der Waals surface area contributed by atoms with Gasteiger partial charge in [0.05, 0.1) is 30.1 Å². The molecule has 3 amide bonds. The molecule has 0 radical (unpaired) electrons. The van der Waals surface area contributed by atoms with E-state index in [2.05, 4.69) is 16.0 Å². The molecule has 1 atom stereocenters. The number of anilines is 2. The lowest BCUT2D eigenvalue weighted by molar-refractivity contribution is -0.384. The van der Waals surface area contributed by atoms with E-state index in [1.54, 1.807) is 92.7 Å². The number of hydrogen-bond acceptors (Lipinski definition) is 8. The lowest BCUT2D eigenvalue weighted by Gasteiger charge is -2.15. The van der Waals surface area contributed by atoms with Gasteiger partial charge >= 0.3 is 0 Å². The van der Waals surface area contributed by atoms with Crippen LogP contribution in [0.1, 0.15) is 28.4 Å². The standard InChI is InChI=1S/C34H32N4O7S/c1-21-10-14-26(38(42)43)19-29(21)36-32(39)22(2)46-28-16-12-25(13-17-28)35-34(41)30(37-33(40)23-8-6-5-7-9-23)18-24-11-15-27(44-3)20-31(24)45-4/h5-20,22H,1-4H3,(H,35,41)(H,36,39)(H,37,40)/b30-18-. The number of non-ortho nitro benzene ring substituents is 1. The number of carbonyl (C=O) groups excluding carboxylic acids is 3. The quantitative estimate of drug-likeness (QED) is 0.0693. The minimum Gasteiger partial charge on any atom is -0.497 e. The minimum atomic E-state index is -0.567. The Bertz CT molecular complexity index is 1780. The molecule has 0 aliphatic heterocycles. The highest BCUT2D eigenvalue weighted by Crippen LogP contribution is 2.29. The first-order valence-corrected chi connectivity index (χ1v) is 14.9. The zero-order valence-electron chi connectivity index (χ0n) is 25.5. The molecular formula is C34H32N4O7S. The fourth-order valence-electron chi connectivity index (χ4n) is 4.20. The van der Waals surface area contributed by atoms with Gasteiger partial charge in [-0.2, -0.15) is 0 Å². The molecule has 12 heteroatoms. The normalized spacial score (nSPS) is 11.6. The molecule has 236 valence electrons. The molecule has 46 heavy (non-hydrogen) atoms. The van der Waals surface area contributed by atoms with Crippen LogP contribution in [-0.4, -0.2) is 42.1 Å². The number of nitrogens with one attached hydrogen (secondary N) is 3. The smallest absolute Gasteiger partial charge is 0.272 e. The van der Waals surface area contributed by atoms with E-state index in [0.717, 1.165) is 4.90 Å². The van der Waals surface area contributed by atoms with Gasteiger partial charge in [-0.05, 0) is 74.0 Å². The molecule has 0 aromatic heterocycles. The van der Waals surface area contributed by atoms with Crippen molar-refractivity contribution in [3.05, 3.63) is 123 Å². The van der Waals surface area contributed by atoms with E-state index in [1.807, 2.05) is 0 Å². The number of methoxy groups -OCH3 is 2. The monoisotopic (exact) mass is 640 g/mol.